The number of carbonyl (C=O) groups is 1. The molecule has 0 atom stereocenters. The van der Waals surface area contributed by atoms with Crippen molar-refractivity contribution in [2.24, 2.45) is 0 Å². The first-order valence-corrected chi connectivity index (χ1v) is 11.3. The van der Waals surface area contributed by atoms with Crippen LogP contribution in [0.5, 0.6) is 11.5 Å². The van der Waals surface area contributed by atoms with Crippen molar-refractivity contribution in [3.8, 4) is 17.6 Å². The molecule has 0 aliphatic carbocycles. The highest BCUT2D eigenvalue weighted by Crippen LogP contribution is 2.19. The highest BCUT2D eigenvalue weighted by Gasteiger charge is 2.12. The molecule has 0 aliphatic heterocycles. The van der Waals surface area contributed by atoms with Gasteiger partial charge in [0.15, 0.2) is 0 Å². The van der Waals surface area contributed by atoms with Crippen LogP contribution < -0.4 is 14.8 Å². The molecule has 0 fully saturated rings. The normalized spacial score (nSPS) is 10.9. The van der Waals surface area contributed by atoms with Gasteiger partial charge >= 0.3 is 0 Å². The van der Waals surface area contributed by atoms with E-state index in [2.05, 4.69) is 14.7 Å². The van der Waals surface area contributed by atoms with E-state index < -0.39 is 5.91 Å². The van der Waals surface area contributed by atoms with Crippen LogP contribution in [0, 0.1) is 18.3 Å². The highest BCUT2D eigenvalue weighted by molar-refractivity contribution is 7.98. The second-order valence-electron chi connectivity index (χ2n) is 6.29. The molecular weight excluding hydrogens is 432 g/mol. The predicted octanol–water partition coefficient (Wildman–Crippen LogP) is 4.57. The van der Waals surface area contributed by atoms with Gasteiger partial charge in [0.2, 0.25) is 10.3 Å². The van der Waals surface area contributed by atoms with Gasteiger partial charge in [0.05, 0.1) is 0 Å². The predicted molar refractivity (Wildman–Crippen MR) is 123 cm³/mol. The summed E-state index contributed by atoms with van der Waals surface area (Å²) in [5, 5.41) is 12.9. The van der Waals surface area contributed by atoms with Gasteiger partial charge in [0.25, 0.3) is 5.91 Å². The van der Waals surface area contributed by atoms with Crippen LogP contribution in [0.3, 0.4) is 0 Å². The van der Waals surface area contributed by atoms with Gasteiger partial charge in [-0.25, -0.2) is 0 Å². The zero-order chi connectivity index (χ0) is 22.1. The fraction of sp³-hybridized carbons (Fsp3) is 0.182. The first-order chi connectivity index (χ1) is 15.1. The topological polar surface area (TPSA) is 97.1 Å². The highest BCUT2D eigenvalue weighted by atomic mass is 32.2. The Hall–Kier alpha value is -3.35. The number of nitriles is 1. The average Bonchev–Trinajstić information content (AvgIpc) is 3.24. The van der Waals surface area contributed by atoms with Gasteiger partial charge in [-0.2, -0.15) is 14.6 Å². The molecule has 1 heterocycles. The van der Waals surface area contributed by atoms with Crippen LogP contribution >= 0.6 is 23.3 Å². The minimum absolute atomic E-state index is 0.0268. The Morgan fingerprint density at radius 3 is 2.29 bits per heavy atom. The third-order valence-corrected chi connectivity index (χ3v) is 5.30. The van der Waals surface area contributed by atoms with E-state index in [4.69, 9.17) is 9.47 Å². The Labute approximate surface area is 188 Å². The van der Waals surface area contributed by atoms with Crippen molar-refractivity contribution in [1.29, 1.82) is 5.26 Å². The molecule has 7 nitrogen and oxygen atoms in total. The van der Waals surface area contributed by atoms with Gasteiger partial charge in [-0.05, 0) is 49.1 Å². The molecular formula is C22H20N4O3S2. The van der Waals surface area contributed by atoms with Crippen molar-refractivity contribution < 1.29 is 14.3 Å². The quantitative estimate of drug-likeness (QED) is 0.220. The Morgan fingerprint density at radius 1 is 1.13 bits per heavy atom. The van der Waals surface area contributed by atoms with E-state index in [1.54, 1.807) is 24.3 Å². The van der Waals surface area contributed by atoms with E-state index in [0.717, 1.165) is 17.3 Å². The minimum atomic E-state index is -0.528. The molecule has 0 aliphatic rings. The SMILES string of the molecule is CSc1nsc(NC(=O)/C(C#N)=C\c2ccc(OCCOc3ccc(C)cc3)cc2)n1. The number of amides is 1. The molecule has 31 heavy (non-hydrogen) atoms. The van der Waals surface area contributed by atoms with Crippen LogP contribution in [0.15, 0.2) is 59.3 Å². The fourth-order valence-electron chi connectivity index (χ4n) is 2.44. The molecule has 0 saturated carbocycles. The van der Waals surface area contributed by atoms with E-state index >= 15 is 0 Å². The van der Waals surface area contributed by atoms with Crippen molar-refractivity contribution in [2.75, 3.05) is 24.8 Å². The smallest absolute Gasteiger partial charge is 0.268 e. The molecule has 1 N–H and O–H groups in total. The summed E-state index contributed by atoms with van der Waals surface area (Å²) in [7, 11) is 0. The molecule has 9 heteroatoms. The third kappa shape index (κ3) is 6.84. The average molecular weight is 453 g/mol. The van der Waals surface area contributed by atoms with E-state index in [1.165, 1.54) is 23.4 Å². The first-order valence-electron chi connectivity index (χ1n) is 9.30. The van der Waals surface area contributed by atoms with Crippen molar-refractivity contribution in [3.63, 3.8) is 0 Å². The zero-order valence-electron chi connectivity index (χ0n) is 17.0. The molecule has 2 aromatic carbocycles. The number of nitrogens with one attached hydrogen (secondary N) is 1. The second kappa shape index (κ2) is 11.2. The Kier molecular flexibility index (Phi) is 8.04. The van der Waals surface area contributed by atoms with Gasteiger partial charge in [-0.15, -0.1) is 0 Å². The van der Waals surface area contributed by atoms with Crippen LogP contribution in [0.4, 0.5) is 5.13 Å². The molecule has 0 saturated heterocycles. The van der Waals surface area contributed by atoms with E-state index in [-0.39, 0.29) is 5.57 Å². The van der Waals surface area contributed by atoms with Crippen LogP contribution in [0.1, 0.15) is 11.1 Å². The summed E-state index contributed by atoms with van der Waals surface area (Å²) in [5.41, 5.74) is 1.86. The maximum absolute atomic E-state index is 12.3. The molecule has 0 unspecified atom stereocenters. The summed E-state index contributed by atoms with van der Waals surface area (Å²) in [5.74, 6) is 0.946. The molecule has 158 valence electrons. The summed E-state index contributed by atoms with van der Waals surface area (Å²) < 4.78 is 15.4. The molecule has 0 spiro atoms. The number of ether oxygens (including phenoxy) is 2. The lowest BCUT2D eigenvalue weighted by atomic mass is 10.1. The van der Waals surface area contributed by atoms with Crippen molar-refractivity contribution >= 4 is 40.4 Å². The summed E-state index contributed by atoms with van der Waals surface area (Å²) >= 11 is 2.45. The van der Waals surface area contributed by atoms with Crippen molar-refractivity contribution in [2.45, 2.75) is 12.1 Å². The number of hydrogen-bond acceptors (Lipinski definition) is 8. The summed E-state index contributed by atoms with van der Waals surface area (Å²) in [4.78, 5) is 16.5. The number of thioether (sulfide) groups is 1. The van der Waals surface area contributed by atoms with E-state index in [1.807, 2.05) is 43.5 Å². The van der Waals surface area contributed by atoms with Crippen molar-refractivity contribution in [3.05, 3.63) is 65.2 Å². The molecule has 3 aromatic rings. The molecule has 1 aromatic heterocycles. The summed E-state index contributed by atoms with van der Waals surface area (Å²) in [6.45, 7) is 2.85. The largest absolute Gasteiger partial charge is 0.490 e. The third-order valence-electron chi connectivity index (χ3n) is 4.01. The number of nitrogens with zero attached hydrogens (tertiary/aromatic N) is 3. The number of aryl methyl sites for hydroxylation is 1. The lowest BCUT2D eigenvalue weighted by Crippen LogP contribution is -2.13. The number of aromatic nitrogens is 2. The fourth-order valence-corrected chi connectivity index (χ4v) is 3.56. The summed E-state index contributed by atoms with van der Waals surface area (Å²) in [6, 6.07) is 16.9. The van der Waals surface area contributed by atoms with Crippen LogP contribution in [-0.2, 0) is 4.79 Å². The van der Waals surface area contributed by atoms with E-state index in [9.17, 15) is 10.1 Å². The minimum Gasteiger partial charge on any atom is -0.490 e. The van der Waals surface area contributed by atoms with Gasteiger partial charge in [-0.3, -0.25) is 10.1 Å². The monoisotopic (exact) mass is 452 g/mol. The van der Waals surface area contributed by atoms with E-state index in [0.29, 0.717) is 34.8 Å². The standard InChI is InChI=1S/C22H20N4O3S2/c1-15-3-7-18(8-4-15)28-11-12-29-19-9-5-16(6-10-19)13-17(14-23)20(27)24-21-25-22(30-2)26-31-21/h3-10,13H,11-12H2,1-2H3,(H,24,25,26,27)/b17-13-. The lowest BCUT2D eigenvalue weighted by Gasteiger charge is -2.09. The second-order valence-corrected chi connectivity index (χ2v) is 7.81. The molecule has 0 bridgehead atoms. The van der Waals surface area contributed by atoms with Crippen molar-refractivity contribution in [1.82, 2.24) is 9.36 Å². The van der Waals surface area contributed by atoms with Gasteiger partial charge in [-0.1, -0.05) is 41.6 Å². The number of rotatable bonds is 9. The van der Waals surface area contributed by atoms with Crippen LogP contribution in [0.25, 0.3) is 6.08 Å². The van der Waals surface area contributed by atoms with Gasteiger partial charge in [0, 0.05) is 11.5 Å². The molecule has 3 rings (SSSR count). The Bertz CT molecular complexity index is 1090. The Morgan fingerprint density at radius 2 is 1.74 bits per heavy atom. The zero-order valence-corrected chi connectivity index (χ0v) is 18.6. The van der Waals surface area contributed by atoms with Gasteiger partial charge in [0.1, 0.15) is 36.4 Å². The van der Waals surface area contributed by atoms with Crippen LogP contribution in [-0.4, -0.2) is 34.7 Å². The number of anilines is 1. The maximum Gasteiger partial charge on any atom is 0.268 e. The number of carbonyl (C=O) groups excluding carboxylic acids is 1. The summed E-state index contributed by atoms with van der Waals surface area (Å²) in [6.07, 6.45) is 3.36. The van der Waals surface area contributed by atoms with Crippen LogP contribution in [0.2, 0.25) is 0 Å². The number of benzene rings is 2. The lowest BCUT2D eigenvalue weighted by molar-refractivity contribution is -0.112. The molecule has 0 radical (unpaired) electrons. The van der Waals surface area contributed by atoms with Gasteiger partial charge < -0.3 is 9.47 Å². The number of hydrogen-bond donors (Lipinski definition) is 1. The Balaban J connectivity index is 1.51. The molecule has 1 amide bonds. The first kappa shape index (κ1) is 22.3. The maximum atomic E-state index is 12.3.